The van der Waals surface area contributed by atoms with E-state index >= 15 is 0 Å². The Balaban J connectivity index is 2.11. The highest BCUT2D eigenvalue weighted by molar-refractivity contribution is 5.79. The van der Waals surface area contributed by atoms with Gasteiger partial charge >= 0.3 is 0 Å². The summed E-state index contributed by atoms with van der Waals surface area (Å²) in [6.07, 6.45) is 0. The van der Waals surface area contributed by atoms with Crippen LogP contribution in [0.25, 0.3) is 0 Å². The van der Waals surface area contributed by atoms with E-state index in [-0.39, 0.29) is 11.9 Å². The van der Waals surface area contributed by atoms with Crippen LogP contribution in [0.3, 0.4) is 0 Å². The van der Waals surface area contributed by atoms with E-state index in [0.29, 0.717) is 6.54 Å². The number of piperazine rings is 1. The molecule has 4 heteroatoms. The van der Waals surface area contributed by atoms with Crippen LogP contribution in [0.4, 0.5) is 5.69 Å². The van der Waals surface area contributed by atoms with E-state index in [1.165, 1.54) is 5.69 Å². The fraction of sp³-hybridized carbons (Fsp3) is 0.417. The van der Waals surface area contributed by atoms with Gasteiger partial charge in [-0.05, 0) is 17.7 Å². The third-order valence-corrected chi connectivity index (χ3v) is 2.78. The van der Waals surface area contributed by atoms with Gasteiger partial charge in [0.15, 0.2) is 0 Å². The monoisotopic (exact) mass is 219 g/mol. The van der Waals surface area contributed by atoms with Crippen molar-refractivity contribution in [3.8, 4) is 0 Å². The van der Waals surface area contributed by atoms with Gasteiger partial charge in [0.1, 0.15) is 0 Å². The van der Waals surface area contributed by atoms with Crippen molar-refractivity contribution in [1.29, 1.82) is 0 Å². The molecule has 0 spiro atoms. The zero-order valence-corrected chi connectivity index (χ0v) is 9.66. The average molecular weight is 219 g/mol. The molecule has 4 nitrogen and oxygen atoms in total. The highest BCUT2D eigenvalue weighted by Gasteiger charge is 2.18. The predicted molar refractivity (Wildman–Crippen MR) is 64.5 cm³/mol. The second kappa shape index (κ2) is 4.53. The lowest BCUT2D eigenvalue weighted by atomic mass is 10.0. The maximum atomic E-state index is 11.2. The molecule has 86 valence electrons. The summed E-state index contributed by atoms with van der Waals surface area (Å²) in [7, 11) is 4.03. The number of benzene rings is 1. The van der Waals surface area contributed by atoms with Crippen molar-refractivity contribution in [1.82, 2.24) is 10.6 Å². The fourth-order valence-electron chi connectivity index (χ4n) is 1.83. The molecule has 1 aromatic rings. The quantitative estimate of drug-likeness (QED) is 0.762. The molecular weight excluding hydrogens is 202 g/mol. The Labute approximate surface area is 95.6 Å². The summed E-state index contributed by atoms with van der Waals surface area (Å²) in [6, 6.07) is 8.35. The number of amides is 1. The molecule has 1 saturated heterocycles. The molecule has 1 amide bonds. The second-order valence-corrected chi connectivity index (χ2v) is 4.24. The van der Waals surface area contributed by atoms with Crippen molar-refractivity contribution in [3.05, 3.63) is 29.8 Å². The first-order valence-electron chi connectivity index (χ1n) is 5.44. The molecule has 16 heavy (non-hydrogen) atoms. The summed E-state index contributed by atoms with van der Waals surface area (Å²) in [6.45, 7) is 1.22. The second-order valence-electron chi connectivity index (χ2n) is 4.24. The largest absolute Gasteiger partial charge is 0.378 e. The van der Waals surface area contributed by atoms with E-state index in [4.69, 9.17) is 0 Å². The smallest absolute Gasteiger partial charge is 0.234 e. The van der Waals surface area contributed by atoms with Crippen LogP contribution in [-0.2, 0) is 4.79 Å². The summed E-state index contributed by atoms with van der Waals surface area (Å²) in [5, 5.41) is 6.06. The van der Waals surface area contributed by atoms with Gasteiger partial charge in [-0.25, -0.2) is 0 Å². The van der Waals surface area contributed by atoms with E-state index in [0.717, 1.165) is 12.1 Å². The van der Waals surface area contributed by atoms with Gasteiger partial charge in [-0.15, -0.1) is 0 Å². The lowest BCUT2D eigenvalue weighted by molar-refractivity contribution is -0.122. The number of anilines is 1. The standard InChI is InChI=1S/C12H17N3O/c1-15(2)10-5-3-9(4-6-10)11-7-13-8-12(16)14-11/h3-6,11,13H,7-8H2,1-2H3,(H,14,16). The minimum atomic E-state index is 0.0629. The Hall–Kier alpha value is -1.55. The number of carbonyl (C=O) groups is 1. The Morgan fingerprint density at radius 2 is 1.94 bits per heavy atom. The van der Waals surface area contributed by atoms with Crippen LogP contribution in [0, 0.1) is 0 Å². The Morgan fingerprint density at radius 3 is 2.50 bits per heavy atom. The van der Waals surface area contributed by atoms with Crippen LogP contribution in [0.5, 0.6) is 0 Å². The zero-order chi connectivity index (χ0) is 11.5. The van der Waals surface area contributed by atoms with Gasteiger partial charge in [0.05, 0.1) is 12.6 Å². The summed E-state index contributed by atoms with van der Waals surface area (Å²) < 4.78 is 0. The van der Waals surface area contributed by atoms with Crippen molar-refractivity contribution in [3.63, 3.8) is 0 Å². The Morgan fingerprint density at radius 1 is 1.25 bits per heavy atom. The SMILES string of the molecule is CN(C)c1ccc(C2CNCC(=O)N2)cc1. The molecule has 1 aromatic carbocycles. The molecule has 1 aliphatic rings. The minimum Gasteiger partial charge on any atom is -0.378 e. The van der Waals surface area contributed by atoms with Crippen LogP contribution in [-0.4, -0.2) is 33.1 Å². The molecule has 0 saturated carbocycles. The molecule has 0 radical (unpaired) electrons. The number of nitrogens with one attached hydrogen (secondary N) is 2. The van der Waals surface area contributed by atoms with Crippen molar-refractivity contribution in [2.45, 2.75) is 6.04 Å². The maximum absolute atomic E-state index is 11.2. The fourth-order valence-corrected chi connectivity index (χ4v) is 1.83. The Kier molecular flexibility index (Phi) is 3.10. The number of hydrogen-bond acceptors (Lipinski definition) is 3. The highest BCUT2D eigenvalue weighted by Crippen LogP contribution is 2.18. The first-order chi connectivity index (χ1) is 7.66. The van der Waals surface area contributed by atoms with Crippen LogP contribution < -0.4 is 15.5 Å². The lowest BCUT2D eigenvalue weighted by Crippen LogP contribution is -2.46. The van der Waals surface area contributed by atoms with Gasteiger partial charge in [-0.2, -0.15) is 0 Å². The molecule has 1 atom stereocenters. The van der Waals surface area contributed by atoms with E-state index in [1.807, 2.05) is 14.1 Å². The number of nitrogens with zero attached hydrogens (tertiary/aromatic N) is 1. The highest BCUT2D eigenvalue weighted by atomic mass is 16.2. The predicted octanol–water partition coefficient (Wildman–Crippen LogP) is 0.513. The molecular formula is C12H17N3O. The van der Waals surface area contributed by atoms with Gasteiger partial charge in [-0.1, -0.05) is 12.1 Å². The summed E-state index contributed by atoms with van der Waals surface area (Å²) in [5.74, 6) is 0.0629. The first-order valence-corrected chi connectivity index (χ1v) is 5.44. The summed E-state index contributed by atoms with van der Waals surface area (Å²) in [5.41, 5.74) is 2.31. The topological polar surface area (TPSA) is 44.4 Å². The minimum absolute atomic E-state index is 0.0629. The van der Waals surface area contributed by atoms with Crippen LogP contribution in [0.2, 0.25) is 0 Å². The molecule has 0 aliphatic carbocycles. The van der Waals surface area contributed by atoms with E-state index < -0.39 is 0 Å². The maximum Gasteiger partial charge on any atom is 0.234 e. The molecule has 0 bridgehead atoms. The number of rotatable bonds is 2. The van der Waals surface area contributed by atoms with Crippen LogP contribution in [0.15, 0.2) is 24.3 Å². The third-order valence-electron chi connectivity index (χ3n) is 2.78. The van der Waals surface area contributed by atoms with E-state index in [1.54, 1.807) is 0 Å². The first kappa shape index (κ1) is 11.0. The Bertz CT molecular complexity index is 372. The molecule has 2 rings (SSSR count). The molecule has 1 fully saturated rings. The van der Waals surface area contributed by atoms with Gasteiger partial charge in [0, 0.05) is 26.3 Å². The molecule has 1 unspecified atom stereocenters. The lowest BCUT2D eigenvalue weighted by Gasteiger charge is -2.25. The van der Waals surface area contributed by atoms with E-state index in [2.05, 4.69) is 39.8 Å². The van der Waals surface area contributed by atoms with Gasteiger partial charge in [0.2, 0.25) is 5.91 Å². The zero-order valence-electron chi connectivity index (χ0n) is 9.66. The molecule has 1 heterocycles. The van der Waals surface area contributed by atoms with Gasteiger partial charge in [0.25, 0.3) is 0 Å². The number of carbonyl (C=O) groups excluding carboxylic acids is 1. The third kappa shape index (κ3) is 2.33. The van der Waals surface area contributed by atoms with Crippen molar-refractivity contribution < 1.29 is 4.79 Å². The van der Waals surface area contributed by atoms with Gasteiger partial charge in [-0.3, -0.25) is 4.79 Å². The van der Waals surface area contributed by atoms with Crippen LogP contribution >= 0.6 is 0 Å². The van der Waals surface area contributed by atoms with Crippen molar-refractivity contribution in [2.24, 2.45) is 0 Å². The number of hydrogen-bond donors (Lipinski definition) is 2. The average Bonchev–Trinajstić information content (AvgIpc) is 2.29. The molecule has 1 aliphatic heterocycles. The van der Waals surface area contributed by atoms with Crippen LogP contribution in [0.1, 0.15) is 11.6 Å². The molecule has 2 N–H and O–H groups in total. The van der Waals surface area contributed by atoms with E-state index in [9.17, 15) is 4.79 Å². The summed E-state index contributed by atoms with van der Waals surface area (Å²) in [4.78, 5) is 13.3. The summed E-state index contributed by atoms with van der Waals surface area (Å²) >= 11 is 0. The molecule has 0 aromatic heterocycles. The van der Waals surface area contributed by atoms with Crippen molar-refractivity contribution >= 4 is 11.6 Å². The van der Waals surface area contributed by atoms with Gasteiger partial charge < -0.3 is 15.5 Å². The normalized spacial score (nSPS) is 20.4. The van der Waals surface area contributed by atoms with Crippen molar-refractivity contribution in [2.75, 3.05) is 32.1 Å².